The Morgan fingerprint density at radius 3 is 2.82 bits per heavy atom. The van der Waals surface area contributed by atoms with Crippen molar-refractivity contribution in [3.05, 3.63) is 35.1 Å². The van der Waals surface area contributed by atoms with E-state index in [1.54, 1.807) is 13.0 Å². The molecule has 0 aliphatic rings. The van der Waals surface area contributed by atoms with Crippen LogP contribution in [0.5, 0.6) is 0 Å². The predicted molar refractivity (Wildman–Crippen MR) is 41.0 cm³/mol. The number of hydrogen-bond acceptors (Lipinski definition) is 1. The second kappa shape index (κ2) is 2.70. The standard InChI is InChI=1S/C8H8FN2/c1-5-6(8(10)11)3-2-4-7(5)9/h2-3H,1H3,(H3,10,11). The summed E-state index contributed by atoms with van der Waals surface area (Å²) in [4.78, 5) is 0. The fourth-order valence-electron chi connectivity index (χ4n) is 0.841. The van der Waals surface area contributed by atoms with E-state index in [1.807, 2.05) is 0 Å². The molecule has 0 fully saturated rings. The lowest BCUT2D eigenvalue weighted by molar-refractivity contribution is 0.616. The van der Waals surface area contributed by atoms with E-state index in [1.165, 1.54) is 6.07 Å². The first kappa shape index (κ1) is 7.72. The largest absolute Gasteiger partial charge is 0.384 e. The van der Waals surface area contributed by atoms with E-state index in [9.17, 15) is 4.39 Å². The Kier molecular flexibility index (Phi) is 1.89. The minimum atomic E-state index is -0.447. The second-order valence-corrected chi connectivity index (χ2v) is 2.24. The van der Waals surface area contributed by atoms with Crippen molar-refractivity contribution < 1.29 is 4.39 Å². The van der Waals surface area contributed by atoms with Crippen LogP contribution in [0.2, 0.25) is 0 Å². The smallest absolute Gasteiger partial charge is 0.134 e. The fourth-order valence-corrected chi connectivity index (χ4v) is 0.841. The van der Waals surface area contributed by atoms with Crippen LogP contribution >= 0.6 is 0 Å². The van der Waals surface area contributed by atoms with Gasteiger partial charge in [0.05, 0.1) is 0 Å². The van der Waals surface area contributed by atoms with E-state index in [0.29, 0.717) is 11.1 Å². The van der Waals surface area contributed by atoms with E-state index in [4.69, 9.17) is 11.1 Å². The molecule has 0 atom stereocenters. The molecule has 0 bridgehead atoms. The van der Waals surface area contributed by atoms with Crippen molar-refractivity contribution in [2.45, 2.75) is 6.92 Å². The molecule has 0 spiro atoms. The number of hydrogen-bond donors (Lipinski definition) is 2. The van der Waals surface area contributed by atoms with E-state index in [-0.39, 0.29) is 5.84 Å². The SMILES string of the molecule is Cc1c(F)[c]ccc1C(=N)N. The molecule has 0 unspecified atom stereocenters. The minimum Gasteiger partial charge on any atom is -0.384 e. The van der Waals surface area contributed by atoms with Crippen LogP contribution < -0.4 is 5.73 Å². The lowest BCUT2D eigenvalue weighted by Crippen LogP contribution is -2.13. The molecule has 0 aromatic heterocycles. The number of rotatable bonds is 1. The Bertz CT molecular complexity index is 294. The first-order valence-electron chi connectivity index (χ1n) is 3.14. The summed E-state index contributed by atoms with van der Waals surface area (Å²) in [5.41, 5.74) is 5.99. The summed E-state index contributed by atoms with van der Waals surface area (Å²) in [5, 5.41) is 7.07. The van der Waals surface area contributed by atoms with E-state index >= 15 is 0 Å². The van der Waals surface area contributed by atoms with Crippen LogP contribution in [0.1, 0.15) is 11.1 Å². The summed E-state index contributed by atoms with van der Waals surface area (Å²) in [6, 6.07) is 5.36. The number of benzene rings is 1. The highest BCUT2D eigenvalue weighted by Gasteiger charge is 2.04. The Hall–Kier alpha value is -1.38. The van der Waals surface area contributed by atoms with Crippen molar-refractivity contribution in [2.24, 2.45) is 5.73 Å². The van der Waals surface area contributed by atoms with Gasteiger partial charge in [-0.3, -0.25) is 5.41 Å². The third-order valence-corrected chi connectivity index (χ3v) is 1.48. The lowest BCUT2D eigenvalue weighted by atomic mass is 10.1. The van der Waals surface area contributed by atoms with Crippen LogP contribution in [-0.4, -0.2) is 5.84 Å². The lowest BCUT2D eigenvalue weighted by Gasteiger charge is -2.02. The molecule has 0 saturated carbocycles. The minimum absolute atomic E-state index is 0.115. The monoisotopic (exact) mass is 151 g/mol. The van der Waals surface area contributed by atoms with Crippen LogP contribution in [0.15, 0.2) is 12.1 Å². The molecule has 0 aliphatic carbocycles. The van der Waals surface area contributed by atoms with Gasteiger partial charge in [-0.2, -0.15) is 0 Å². The van der Waals surface area contributed by atoms with Crippen molar-refractivity contribution in [3.8, 4) is 0 Å². The quantitative estimate of drug-likeness (QED) is 0.460. The van der Waals surface area contributed by atoms with Gasteiger partial charge in [-0.25, -0.2) is 4.39 Å². The normalized spacial score (nSPS) is 9.64. The molecule has 3 N–H and O–H groups in total. The van der Waals surface area contributed by atoms with Gasteiger partial charge in [-0.15, -0.1) is 0 Å². The highest BCUT2D eigenvalue weighted by atomic mass is 19.1. The molecular formula is C8H8FN2. The summed E-state index contributed by atoms with van der Waals surface area (Å²) < 4.78 is 12.7. The molecule has 0 amide bonds. The molecule has 2 nitrogen and oxygen atoms in total. The number of amidine groups is 1. The zero-order valence-electron chi connectivity index (χ0n) is 6.11. The Morgan fingerprint density at radius 1 is 1.73 bits per heavy atom. The van der Waals surface area contributed by atoms with Gasteiger partial charge < -0.3 is 5.73 Å². The second-order valence-electron chi connectivity index (χ2n) is 2.24. The molecule has 3 heteroatoms. The van der Waals surface area contributed by atoms with Gasteiger partial charge in [0.1, 0.15) is 11.7 Å². The number of nitrogen functional groups attached to an aromatic ring is 1. The van der Waals surface area contributed by atoms with Crippen molar-refractivity contribution in [2.75, 3.05) is 0 Å². The first-order valence-corrected chi connectivity index (χ1v) is 3.14. The topological polar surface area (TPSA) is 49.9 Å². The van der Waals surface area contributed by atoms with Crippen LogP contribution in [0.3, 0.4) is 0 Å². The molecule has 1 aromatic rings. The third-order valence-electron chi connectivity index (χ3n) is 1.48. The van der Waals surface area contributed by atoms with Crippen LogP contribution in [-0.2, 0) is 0 Å². The highest BCUT2D eigenvalue weighted by Crippen LogP contribution is 2.09. The number of nitrogens with one attached hydrogen (secondary N) is 1. The van der Waals surface area contributed by atoms with Gasteiger partial charge in [0.2, 0.25) is 0 Å². The molecule has 0 heterocycles. The predicted octanol–water partition coefficient (Wildman–Crippen LogP) is 1.22. The average Bonchev–Trinajstić information content (AvgIpc) is 1.94. The first-order chi connectivity index (χ1) is 5.13. The molecule has 57 valence electrons. The van der Waals surface area contributed by atoms with Gasteiger partial charge in [0, 0.05) is 11.6 Å². The van der Waals surface area contributed by atoms with Crippen LogP contribution in [0, 0.1) is 24.2 Å². The maximum atomic E-state index is 12.7. The summed E-state index contributed by atoms with van der Waals surface area (Å²) in [6.45, 7) is 1.57. The zero-order valence-corrected chi connectivity index (χ0v) is 6.11. The zero-order chi connectivity index (χ0) is 8.43. The number of nitrogens with two attached hydrogens (primary N) is 1. The molecule has 0 saturated heterocycles. The van der Waals surface area contributed by atoms with Crippen LogP contribution in [0.4, 0.5) is 4.39 Å². The Labute approximate surface area is 64.4 Å². The molecule has 1 aromatic carbocycles. The number of halogens is 1. The van der Waals surface area contributed by atoms with Gasteiger partial charge in [-0.1, -0.05) is 12.1 Å². The Balaban J connectivity index is 3.27. The molecule has 1 radical (unpaired) electrons. The molecule has 0 aliphatic heterocycles. The average molecular weight is 151 g/mol. The fraction of sp³-hybridized carbons (Fsp3) is 0.125. The van der Waals surface area contributed by atoms with Crippen molar-refractivity contribution >= 4 is 5.84 Å². The summed E-state index contributed by atoms with van der Waals surface area (Å²) in [7, 11) is 0. The summed E-state index contributed by atoms with van der Waals surface area (Å²) in [6.07, 6.45) is 0. The highest BCUT2D eigenvalue weighted by molar-refractivity contribution is 5.96. The van der Waals surface area contributed by atoms with E-state index in [0.717, 1.165) is 0 Å². The van der Waals surface area contributed by atoms with Crippen LogP contribution in [0.25, 0.3) is 0 Å². The Morgan fingerprint density at radius 2 is 2.36 bits per heavy atom. The van der Waals surface area contributed by atoms with E-state index < -0.39 is 5.82 Å². The van der Waals surface area contributed by atoms with Crippen molar-refractivity contribution in [3.63, 3.8) is 0 Å². The van der Waals surface area contributed by atoms with Crippen molar-refractivity contribution in [1.29, 1.82) is 5.41 Å². The summed E-state index contributed by atoms with van der Waals surface area (Å²) in [5.74, 6) is -0.562. The maximum Gasteiger partial charge on any atom is 0.134 e. The van der Waals surface area contributed by atoms with E-state index in [2.05, 4.69) is 6.07 Å². The summed E-state index contributed by atoms with van der Waals surface area (Å²) >= 11 is 0. The molecular weight excluding hydrogens is 143 g/mol. The van der Waals surface area contributed by atoms with Gasteiger partial charge >= 0.3 is 0 Å². The van der Waals surface area contributed by atoms with Gasteiger partial charge in [-0.05, 0) is 12.5 Å². The molecule has 1 rings (SSSR count). The third kappa shape index (κ3) is 1.37. The van der Waals surface area contributed by atoms with Gasteiger partial charge in [0.15, 0.2) is 0 Å². The maximum absolute atomic E-state index is 12.7. The molecule has 11 heavy (non-hydrogen) atoms. The van der Waals surface area contributed by atoms with Crippen molar-refractivity contribution in [1.82, 2.24) is 0 Å². The van der Waals surface area contributed by atoms with Gasteiger partial charge in [0.25, 0.3) is 0 Å².